The van der Waals surface area contributed by atoms with Gasteiger partial charge in [-0.3, -0.25) is 0 Å². The maximum atomic E-state index is 9.52. The molecule has 0 bridgehead atoms. The number of hydrogen-bond acceptors (Lipinski definition) is 4. The molecular weight excluding hydrogens is 329 g/mol. The standard InChI is InChI=1S/C15H15Cl2NO2S/c1-4-20-9(3)15-18-11(7-19)14(21-15)10-6-5-8(2)12(16)13(10)17/h5-6,19H,3-4,7H2,1-2H3. The molecule has 3 nitrogen and oxygen atoms in total. The van der Waals surface area contributed by atoms with Crippen LogP contribution >= 0.6 is 34.5 Å². The van der Waals surface area contributed by atoms with Gasteiger partial charge in [-0.1, -0.05) is 41.9 Å². The molecule has 0 amide bonds. The summed E-state index contributed by atoms with van der Waals surface area (Å²) in [6.07, 6.45) is 0. The molecule has 0 aliphatic rings. The zero-order valence-corrected chi connectivity index (χ0v) is 14.1. The molecule has 21 heavy (non-hydrogen) atoms. The molecule has 0 fully saturated rings. The van der Waals surface area contributed by atoms with Crippen molar-refractivity contribution in [3.8, 4) is 10.4 Å². The molecular formula is C15H15Cl2NO2S. The maximum Gasteiger partial charge on any atom is 0.158 e. The lowest BCUT2D eigenvalue weighted by Crippen LogP contribution is -1.91. The van der Waals surface area contributed by atoms with Crippen LogP contribution in [0.1, 0.15) is 23.2 Å². The van der Waals surface area contributed by atoms with Gasteiger partial charge in [-0.05, 0) is 19.4 Å². The highest BCUT2D eigenvalue weighted by Gasteiger charge is 2.18. The second kappa shape index (κ2) is 6.79. The second-order valence-corrected chi connectivity index (χ2v) is 6.12. The van der Waals surface area contributed by atoms with Crippen LogP contribution in [0.3, 0.4) is 0 Å². The zero-order valence-electron chi connectivity index (χ0n) is 11.7. The smallest absolute Gasteiger partial charge is 0.158 e. The van der Waals surface area contributed by atoms with Crippen molar-refractivity contribution in [2.24, 2.45) is 0 Å². The molecule has 1 heterocycles. The molecule has 0 spiro atoms. The Morgan fingerprint density at radius 2 is 2.10 bits per heavy atom. The Morgan fingerprint density at radius 1 is 1.38 bits per heavy atom. The molecule has 1 aromatic heterocycles. The van der Waals surface area contributed by atoms with Gasteiger partial charge >= 0.3 is 0 Å². The van der Waals surface area contributed by atoms with Crippen LogP contribution < -0.4 is 0 Å². The molecule has 6 heteroatoms. The molecule has 0 saturated carbocycles. The molecule has 112 valence electrons. The molecule has 0 unspecified atom stereocenters. The van der Waals surface area contributed by atoms with Gasteiger partial charge < -0.3 is 9.84 Å². The van der Waals surface area contributed by atoms with Crippen molar-refractivity contribution < 1.29 is 9.84 Å². The summed E-state index contributed by atoms with van der Waals surface area (Å²) >= 11 is 13.9. The quantitative estimate of drug-likeness (QED) is 0.783. The number of thiazole rings is 1. The average Bonchev–Trinajstić information content (AvgIpc) is 2.89. The lowest BCUT2D eigenvalue weighted by Gasteiger charge is -2.07. The van der Waals surface area contributed by atoms with E-state index < -0.39 is 0 Å². The Kier molecular flexibility index (Phi) is 5.27. The zero-order chi connectivity index (χ0) is 15.6. The van der Waals surface area contributed by atoms with Crippen LogP contribution in [0.15, 0.2) is 18.7 Å². The van der Waals surface area contributed by atoms with Gasteiger partial charge in [-0.2, -0.15) is 0 Å². The summed E-state index contributed by atoms with van der Waals surface area (Å²) in [5, 5.41) is 11.1. The van der Waals surface area contributed by atoms with Crippen molar-refractivity contribution in [2.75, 3.05) is 6.61 Å². The molecule has 1 N–H and O–H groups in total. The van der Waals surface area contributed by atoms with Gasteiger partial charge in [0.15, 0.2) is 5.01 Å². The first-order valence-electron chi connectivity index (χ1n) is 6.37. The highest BCUT2D eigenvalue weighted by Crippen LogP contribution is 2.41. The fourth-order valence-electron chi connectivity index (χ4n) is 1.85. The van der Waals surface area contributed by atoms with Crippen LogP contribution in [0.5, 0.6) is 0 Å². The summed E-state index contributed by atoms with van der Waals surface area (Å²) in [6.45, 7) is 7.93. The Bertz CT molecular complexity index is 683. The van der Waals surface area contributed by atoms with Gasteiger partial charge in [0.2, 0.25) is 0 Å². The first-order valence-corrected chi connectivity index (χ1v) is 7.94. The number of benzene rings is 1. The summed E-state index contributed by atoms with van der Waals surface area (Å²) in [7, 11) is 0. The number of ether oxygens (including phenoxy) is 1. The third-order valence-electron chi connectivity index (χ3n) is 2.92. The number of nitrogens with zero attached hydrogens (tertiary/aromatic N) is 1. The number of halogens is 2. The third-order valence-corrected chi connectivity index (χ3v) is 5.07. The van der Waals surface area contributed by atoms with Crippen molar-refractivity contribution in [2.45, 2.75) is 20.5 Å². The molecule has 0 atom stereocenters. The van der Waals surface area contributed by atoms with Gasteiger partial charge in [0, 0.05) is 5.56 Å². The Labute approximate surface area is 137 Å². The van der Waals surface area contributed by atoms with Gasteiger partial charge in [-0.15, -0.1) is 11.3 Å². The van der Waals surface area contributed by atoms with E-state index in [1.807, 2.05) is 26.0 Å². The topological polar surface area (TPSA) is 42.4 Å². The van der Waals surface area contributed by atoms with E-state index in [1.54, 1.807) is 0 Å². The van der Waals surface area contributed by atoms with Crippen molar-refractivity contribution in [1.29, 1.82) is 0 Å². The SMILES string of the molecule is C=C(OCC)c1nc(CO)c(-c2ccc(C)c(Cl)c2Cl)s1. The summed E-state index contributed by atoms with van der Waals surface area (Å²) in [5.41, 5.74) is 2.20. The van der Waals surface area contributed by atoms with Gasteiger partial charge in [-0.25, -0.2) is 4.98 Å². The molecule has 0 aliphatic carbocycles. The predicted molar refractivity (Wildman–Crippen MR) is 88.9 cm³/mol. The number of rotatable bonds is 5. The number of hydrogen-bond donors (Lipinski definition) is 1. The minimum absolute atomic E-state index is 0.187. The molecule has 2 rings (SSSR count). The highest BCUT2D eigenvalue weighted by atomic mass is 35.5. The summed E-state index contributed by atoms with van der Waals surface area (Å²) in [5.74, 6) is 0.484. The number of aliphatic hydroxyl groups is 1. The van der Waals surface area contributed by atoms with Crippen molar-refractivity contribution in [1.82, 2.24) is 4.98 Å². The van der Waals surface area contributed by atoms with Crippen molar-refractivity contribution in [3.05, 3.63) is 45.0 Å². The Morgan fingerprint density at radius 3 is 2.71 bits per heavy atom. The average molecular weight is 344 g/mol. The minimum atomic E-state index is -0.187. The number of aryl methyl sites for hydroxylation is 1. The largest absolute Gasteiger partial charge is 0.491 e. The van der Waals surface area contributed by atoms with E-state index in [1.165, 1.54) is 11.3 Å². The van der Waals surface area contributed by atoms with Crippen molar-refractivity contribution in [3.63, 3.8) is 0 Å². The van der Waals surface area contributed by atoms with E-state index in [2.05, 4.69) is 11.6 Å². The predicted octanol–water partition coefficient (Wildman–Crippen LogP) is 4.92. The van der Waals surface area contributed by atoms with E-state index in [4.69, 9.17) is 27.9 Å². The van der Waals surface area contributed by atoms with E-state index in [0.29, 0.717) is 33.1 Å². The van der Waals surface area contributed by atoms with Gasteiger partial charge in [0.1, 0.15) is 5.76 Å². The van der Waals surface area contributed by atoms with E-state index in [-0.39, 0.29) is 6.61 Å². The Balaban J connectivity index is 2.54. The first kappa shape index (κ1) is 16.3. The summed E-state index contributed by atoms with van der Waals surface area (Å²) in [6, 6.07) is 3.77. The van der Waals surface area contributed by atoms with Crippen LogP contribution in [0.25, 0.3) is 16.2 Å². The molecule has 1 aromatic carbocycles. The minimum Gasteiger partial charge on any atom is -0.491 e. The van der Waals surface area contributed by atoms with E-state index >= 15 is 0 Å². The fraction of sp³-hybridized carbons (Fsp3) is 0.267. The lowest BCUT2D eigenvalue weighted by atomic mass is 10.1. The third kappa shape index (κ3) is 3.24. The summed E-state index contributed by atoms with van der Waals surface area (Å²) < 4.78 is 5.36. The van der Waals surface area contributed by atoms with Crippen LogP contribution in [-0.2, 0) is 11.3 Å². The van der Waals surface area contributed by atoms with Crippen LogP contribution in [-0.4, -0.2) is 16.7 Å². The molecule has 0 saturated heterocycles. The van der Waals surface area contributed by atoms with Gasteiger partial charge in [0.25, 0.3) is 0 Å². The maximum absolute atomic E-state index is 9.52. The molecule has 0 aliphatic heterocycles. The number of aromatic nitrogens is 1. The summed E-state index contributed by atoms with van der Waals surface area (Å²) in [4.78, 5) is 5.14. The van der Waals surface area contributed by atoms with Crippen LogP contribution in [0.4, 0.5) is 0 Å². The van der Waals surface area contributed by atoms with Gasteiger partial charge in [0.05, 0.1) is 33.8 Å². The molecule has 0 radical (unpaired) electrons. The van der Waals surface area contributed by atoms with E-state index in [9.17, 15) is 5.11 Å². The fourth-order valence-corrected chi connectivity index (χ4v) is 3.40. The monoisotopic (exact) mass is 343 g/mol. The normalized spacial score (nSPS) is 10.7. The van der Waals surface area contributed by atoms with Crippen LogP contribution in [0.2, 0.25) is 10.0 Å². The second-order valence-electron chi connectivity index (χ2n) is 4.37. The number of aliphatic hydroxyl groups excluding tert-OH is 1. The van der Waals surface area contributed by atoms with Crippen molar-refractivity contribution >= 4 is 40.3 Å². The Hall–Kier alpha value is -1.07. The van der Waals surface area contributed by atoms with Crippen LogP contribution in [0, 0.1) is 6.92 Å². The highest BCUT2D eigenvalue weighted by molar-refractivity contribution is 7.16. The van der Waals surface area contributed by atoms with E-state index in [0.717, 1.165) is 16.0 Å². The first-order chi connectivity index (χ1) is 9.99. The lowest BCUT2D eigenvalue weighted by molar-refractivity contribution is 0.277. The molecule has 2 aromatic rings.